The van der Waals surface area contributed by atoms with E-state index in [4.69, 9.17) is 5.11 Å². The molecular weight excluding hydrogens is 182 g/mol. The van der Waals surface area contributed by atoms with E-state index in [9.17, 15) is 9.59 Å². The molecule has 1 N–H and O–H groups in total. The minimum atomic E-state index is -0.827. The molecule has 1 unspecified atom stereocenters. The van der Waals surface area contributed by atoms with Gasteiger partial charge in [-0.1, -0.05) is 6.92 Å². The molecule has 0 saturated carbocycles. The molecule has 1 heterocycles. The fourth-order valence-electron chi connectivity index (χ4n) is 1.94. The lowest BCUT2D eigenvalue weighted by Crippen LogP contribution is -2.37. The van der Waals surface area contributed by atoms with Crippen LogP contribution in [0.1, 0.15) is 26.2 Å². The second-order valence-corrected chi connectivity index (χ2v) is 4.06. The smallest absolute Gasteiger partial charge is 0.407 e. The van der Waals surface area contributed by atoms with E-state index in [0.717, 1.165) is 25.5 Å². The molecule has 14 heavy (non-hydrogen) atoms. The van der Waals surface area contributed by atoms with Gasteiger partial charge in [-0.2, -0.15) is 0 Å². The van der Waals surface area contributed by atoms with Crippen molar-refractivity contribution in [2.45, 2.75) is 26.2 Å². The molecule has 0 aromatic carbocycles. The number of carbonyl (C=O) groups excluding carboxylic acids is 1. The largest absolute Gasteiger partial charge is 0.465 e. The summed E-state index contributed by atoms with van der Waals surface area (Å²) < 4.78 is 0. The third kappa shape index (κ3) is 3.01. The molecule has 4 heteroatoms. The van der Waals surface area contributed by atoms with E-state index in [1.54, 1.807) is 0 Å². The summed E-state index contributed by atoms with van der Waals surface area (Å²) in [5.41, 5.74) is 0. The molecule has 1 rings (SSSR count). The number of hydrogen-bond acceptors (Lipinski definition) is 2. The Balaban J connectivity index is 2.28. The van der Waals surface area contributed by atoms with Crippen molar-refractivity contribution < 1.29 is 14.7 Å². The Morgan fingerprint density at radius 3 is 2.57 bits per heavy atom. The normalized spacial score (nSPS) is 20.5. The molecule has 1 saturated heterocycles. The van der Waals surface area contributed by atoms with Crippen molar-refractivity contribution in [3.05, 3.63) is 0 Å². The van der Waals surface area contributed by atoms with Gasteiger partial charge in [0.1, 0.15) is 6.29 Å². The Hall–Kier alpha value is -1.06. The van der Waals surface area contributed by atoms with Crippen LogP contribution in [0.15, 0.2) is 0 Å². The van der Waals surface area contributed by atoms with Crippen LogP contribution >= 0.6 is 0 Å². The summed E-state index contributed by atoms with van der Waals surface area (Å²) in [6, 6.07) is 0. The van der Waals surface area contributed by atoms with Crippen molar-refractivity contribution in [3.8, 4) is 0 Å². The van der Waals surface area contributed by atoms with E-state index in [0.29, 0.717) is 19.0 Å². The Morgan fingerprint density at radius 2 is 2.14 bits per heavy atom. The zero-order chi connectivity index (χ0) is 10.6. The van der Waals surface area contributed by atoms with Crippen LogP contribution in [0.2, 0.25) is 0 Å². The van der Waals surface area contributed by atoms with Crippen LogP contribution in [0.25, 0.3) is 0 Å². The van der Waals surface area contributed by atoms with Gasteiger partial charge in [-0.3, -0.25) is 0 Å². The maximum Gasteiger partial charge on any atom is 0.407 e. The molecule has 0 radical (unpaired) electrons. The Morgan fingerprint density at radius 1 is 1.57 bits per heavy atom. The van der Waals surface area contributed by atoms with E-state index in [1.807, 2.05) is 6.92 Å². The summed E-state index contributed by atoms with van der Waals surface area (Å²) in [6.07, 6.45) is 2.84. The molecule has 1 atom stereocenters. The minimum Gasteiger partial charge on any atom is -0.465 e. The monoisotopic (exact) mass is 199 g/mol. The maximum atomic E-state index is 10.6. The molecule has 4 nitrogen and oxygen atoms in total. The number of rotatable bonds is 3. The van der Waals surface area contributed by atoms with Crippen LogP contribution in [0.4, 0.5) is 4.79 Å². The lowest BCUT2D eigenvalue weighted by Gasteiger charge is -2.30. The number of carbonyl (C=O) groups is 2. The van der Waals surface area contributed by atoms with E-state index >= 15 is 0 Å². The van der Waals surface area contributed by atoms with Crippen molar-refractivity contribution >= 4 is 12.4 Å². The average molecular weight is 199 g/mol. The van der Waals surface area contributed by atoms with Crippen LogP contribution in [-0.4, -0.2) is 35.5 Å². The summed E-state index contributed by atoms with van der Waals surface area (Å²) in [7, 11) is 0. The number of amides is 1. The van der Waals surface area contributed by atoms with Gasteiger partial charge >= 0.3 is 6.09 Å². The van der Waals surface area contributed by atoms with Gasteiger partial charge in [0, 0.05) is 19.0 Å². The predicted molar refractivity (Wildman–Crippen MR) is 52.2 cm³/mol. The van der Waals surface area contributed by atoms with E-state index in [2.05, 4.69) is 0 Å². The Kier molecular flexibility index (Phi) is 3.92. The molecule has 0 aromatic rings. The summed E-state index contributed by atoms with van der Waals surface area (Å²) in [4.78, 5) is 22.5. The molecule has 1 aliphatic rings. The number of aldehydes is 1. The van der Waals surface area contributed by atoms with Crippen molar-refractivity contribution in [3.63, 3.8) is 0 Å². The number of nitrogens with zero attached hydrogens (tertiary/aromatic N) is 1. The number of carboxylic acid groups (broad SMARTS) is 1. The van der Waals surface area contributed by atoms with Crippen LogP contribution in [0.5, 0.6) is 0 Å². The van der Waals surface area contributed by atoms with Crippen molar-refractivity contribution in [1.82, 2.24) is 4.90 Å². The zero-order valence-electron chi connectivity index (χ0n) is 8.48. The summed E-state index contributed by atoms with van der Waals surface area (Å²) in [6.45, 7) is 3.15. The Labute approximate surface area is 83.9 Å². The lowest BCUT2D eigenvalue weighted by molar-refractivity contribution is -0.111. The first kappa shape index (κ1) is 11.0. The number of piperidine rings is 1. The molecule has 0 spiro atoms. The summed E-state index contributed by atoms with van der Waals surface area (Å²) in [5.74, 6) is 0.627. The van der Waals surface area contributed by atoms with Gasteiger partial charge in [0.15, 0.2) is 0 Å². The first-order valence-corrected chi connectivity index (χ1v) is 5.06. The third-order valence-corrected chi connectivity index (χ3v) is 2.82. The van der Waals surface area contributed by atoms with Crippen LogP contribution in [-0.2, 0) is 4.79 Å². The van der Waals surface area contributed by atoms with Crippen molar-refractivity contribution in [1.29, 1.82) is 0 Å². The molecule has 0 aromatic heterocycles. The average Bonchev–Trinajstić information content (AvgIpc) is 2.18. The van der Waals surface area contributed by atoms with E-state index < -0.39 is 6.09 Å². The standard InChI is InChI=1S/C10H17NO3/c1-8(7-12)6-9-2-4-11(5-3-9)10(13)14/h7-9H,2-6H2,1H3,(H,13,14). The molecule has 1 aliphatic heterocycles. The topological polar surface area (TPSA) is 57.6 Å². The highest BCUT2D eigenvalue weighted by Gasteiger charge is 2.23. The number of likely N-dealkylation sites (tertiary alicyclic amines) is 1. The lowest BCUT2D eigenvalue weighted by atomic mass is 9.88. The van der Waals surface area contributed by atoms with Gasteiger partial charge in [-0.05, 0) is 25.2 Å². The first-order valence-electron chi connectivity index (χ1n) is 5.06. The molecule has 1 fully saturated rings. The quantitative estimate of drug-likeness (QED) is 0.702. The maximum absolute atomic E-state index is 10.6. The predicted octanol–water partition coefficient (Wildman–Crippen LogP) is 1.60. The number of hydrogen-bond donors (Lipinski definition) is 1. The molecule has 0 aliphatic carbocycles. The van der Waals surface area contributed by atoms with Crippen LogP contribution in [0.3, 0.4) is 0 Å². The first-order chi connectivity index (χ1) is 6.63. The highest BCUT2D eigenvalue weighted by atomic mass is 16.4. The van der Waals surface area contributed by atoms with Crippen LogP contribution < -0.4 is 0 Å². The van der Waals surface area contributed by atoms with Gasteiger partial charge in [0.05, 0.1) is 0 Å². The molecule has 0 bridgehead atoms. The minimum absolute atomic E-state index is 0.108. The van der Waals surface area contributed by atoms with E-state index in [-0.39, 0.29) is 5.92 Å². The van der Waals surface area contributed by atoms with E-state index in [1.165, 1.54) is 4.90 Å². The molecule has 80 valence electrons. The highest BCUT2D eigenvalue weighted by molar-refractivity contribution is 5.65. The van der Waals surface area contributed by atoms with Gasteiger partial charge in [-0.25, -0.2) is 4.79 Å². The highest BCUT2D eigenvalue weighted by Crippen LogP contribution is 2.23. The molecule has 1 amide bonds. The Bertz CT molecular complexity index is 209. The summed E-state index contributed by atoms with van der Waals surface area (Å²) >= 11 is 0. The molecular formula is C10H17NO3. The fraction of sp³-hybridized carbons (Fsp3) is 0.800. The second kappa shape index (κ2) is 4.98. The summed E-state index contributed by atoms with van der Waals surface area (Å²) in [5, 5.41) is 8.72. The van der Waals surface area contributed by atoms with Crippen molar-refractivity contribution in [2.75, 3.05) is 13.1 Å². The van der Waals surface area contributed by atoms with Gasteiger partial charge in [0.25, 0.3) is 0 Å². The van der Waals surface area contributed by atoms with Crippen molar-refractivity contribution in [2.24, 2.45) is 11.8 Å². The second-order valence-electron chi connectivity index (χ2n) is 4.06. The van der Waals surface area contributed by atoms with Crippen LogP contribution in [0, 0.1) is 11.8 Å². The van der Waals surface area contributed by atoms with Gasteiger partial charge in [-0.15, -0.1) is 0 Å². The van der Waals surface area contributed by atoms with Gasteiger partial charge in [0.2, 0.25) is 0 Å². The SMILES string of the molecule is CC(C=O)CC1CCN(C(=O)O)CC1. The third-order valence-electron chi connectivity index (χ3n) is 2.82. The zero-order valence-corrected chi connectivity index (χ0v) is 8.48. The van der Waals surface area contributed by atoms with Gasteiger partial charge < -0.3 is 14.8 Å². The fourth-order valence-corrected chi connectivity index (χ4v) is 1.94.